The molecule has 0 spiro atoms. The van der Waals surface area contributed by atoms with E-state index in [1.165, 1.54) is 0 Å². The number of benzene rings is 1. The van der Waals surface area contributed by atoms with E-state index in [0.29, 0.717) is 18.5 Å². The summed E-state index contributed by atoms with van der Waals surface area (Å²) in [5.74, 6) is -0.594. The molecule has 2 aliphatic rings. The van der Waals surface area contributed by atoms with Crippen molar-refractivity contribution in [3.05, 3.63) is 29.3 Å². The van der Waals surface area contributed by atoms with Gasteiger partial charge < -0.3 is 14.9 Å². The molecule has 7 heteroatoms. The monoisotopic (exact) mass is 342 g/mol. The third-order valence-corrected chi connectivity index (χ3v) is 5.09. The van der Waals surface area contributed by atoms with E-state index in [2.05, 4.69) is 11.9 Å². The Bertz CT molecular complexity index is 633. The van der Waals surface area contributed by atoms with Crippen LogP contribution in [0, 0.1) is 5.92 Å². The molecule has 2 heterocycles. The minimum absolute atomic E-state index is 0.0532. The fourth-order valence-electron chi connectivity index (χ4n) is 3.88. The summed E-state index contributed by atoms with van der Waals surface area (Å²) in [6, 6.07) is 2.66. The molecule has 1 N–H and O–H groups in total. The number of piperidine rings is 2. The molecule has 0 bridgehead atoms. The van der Waals surface area contributed by atoms with Crippen molar-refractivity contribution in [2.24, 2.45) is 5.92 Å². The summed E-state index contributed by atoms with van der Waals surface area (Å²) in [6.07, 6.45) is -1.75. The number of carbonyl (C=O) groups is 1. The first kappa shape index (κ1) is 17.1. The lowest BCUT2D eigenvalue weighted by Gasteiger charge is -2.46. The van der Waals surface area contributed by atoms with Crippen molar-refractivity contribution >= 4 is 5.91 Å². The summed E-state index contributed by atoms with van der Waals surface area (Å²) in [6.45, 7) is 2.40. The van der Waals surface area contributed by atoms with Gasteiger partial charge in [-0.25, -0.2) is 0 Å². The van der Waals surface area contributed by atoms with Crippen LogP contribution in [0.2, 0.25) is 0 Å². The molecule has 132 valence electrons. The van der Waals surface area contributed by atoms with Gasteiger partial charge in [0.2, 0.25) is 0 Å². The number of amides is 1. The zero-order valence-corrected chi connectivity index (χ0v) is 13.5. The van der Waals surface area contributed by atoms with Crippen LogP contribution in [0.5, 0.6) is 5.75 Å². The van der Waals surface area contributed by atoms with Gasteiger partial charge >= 0.3 is 6.18 Å². The number of alkyl halides is 3. The first-order chi connectivity index (χ1) is 11.3. The van der Waals surface area contributed by atoms with Crippen LogP contribution in [0.15, 0.2) is 18.2 Å². The van der Waals surface area contributed by atoms with Crippen molar-refractivity contribution in [3.63, 3.8) is 0 Å². The second-order valence-electron chi connectivity index (χ2n) is 6.75. The van der Waals surface area contributed by atoms with Gasteiger partial charge in [-0.15, -0.1) is 0 Å². The third kappa shape index (κ3) is 3.22. The predicted molar refractivity (Wildman–Crippen MR) is 82.8 cm³/mol. The zero-order chi connectivity index (χ0) is 17.5. The van der Waals surface area contributed by atoms with Crippen molar-refractivity contribution in [2.75, 3.05) is 26.7 Å². The number of hydrogen-bond acceptors (Lipinski definition) is 3. The van der Waals surface area contributed by atoms with Crippen LogP contribution in [0.3, 0.4) is 0 Å². The highest BCUT2D eigenvalue weighted by molar-refractivity contribution is 5.97. The lowest BCUT2D eigenvalue weighted by Crippen LogP contribution is -2.55. The van der Waals surface area contributed by atoms with Crippen molar-refractivity contribution in [3.8, 4) is 5.75 Å². The number of fused-ring (bicyclic) bond motifs is 1. The van der Waals surface area contributed by atoms with Crippen molar-refractivity contribution in [1.29, 1.82) is 0 Å². The van der Waals surface area contributed by atoms with Gasteiger partial charge in [0.1, 0.15) is 5.75 Å². The highest BCUT2D eigenvalue weighted by Crippen LogP contribution is 2.35. The smallest absolute Gasteiger partial charge is 0.416 e. The summed E-state index contributed by atoms with van der Waals surface area (Å²) in [7, 11) is 2.05. The van der Waals surface area contributed by atoms with Gasteiger partial charge in [0.05, 0.1) is 11.1 Å². The number of phenols is 1. The molecule has 3 rings (SSSR count). The van der Waals surface area contributed by atoms with Gasteiger partial charge in [-0.1, -0.05) is 0 Å². The number of nitrogens with zero attached hydrogens (tertiary/aromatic N) is 2. The van der Waals surface area contributed by atoms with E-state index in [1.807, 2.05) is 0 Å². The Morgan fingerprint density at radius 2 is 2.00 bits per heavy atom. The van der Waals surface area contributed by atoms with Gasteiger partial charge in [-0.2, -0.15) is 13.2 Å². The summed E-state index contributed by atoms with van der Waals surface area (Å²) in [5, 5.41) is 9.94. The summed E-state index contributed by atoms with van der Waals surface area (Å²) >= 11 is 0. The van der Waals surface area contributed by atoms with Crippen LogP contribution in [0.25, 0.3) is 0 Å². The maximum atomic E-state index is 12.8. The van der Waals surface area contributed by atoms with Crippen LogP contribution in [-0.2, 0) is 6.18 Å². The second kappa shape index (κ2) is 6.27. The van der Waals surface area contributed by atoms with Gasteiger partial charge in [0, 0.05) is 19.1 Å². The standard InChI is InChI=1S/C17H21F3N2O2/c1-21-8-6-14-11(10-21)3-2-7-22(14)16(24)13-5-4-12(9-15(13)23)17(18,19)20/h4-5,9,11,14,23H,2-3,6-8,10H2,1H3/t11-,14-/m1/s1. The molecule has 0 aromatic heterocycles. The molecule has 4 nitrogen and oxygen atoms in total. The van der Waals surface area contributed by atoms with Crippen molar-refractivity contribution in [2.45, 2.75) is 31.5 Å². The van der Waals surface area contributed by atoms with Gasteiger partial charge in [0.15, 0.2) is 0 Å². The molecule has 2 aliphatic heterocycles. The highest BCUT2D eigenvalue weighted by atomic mass is 19.4. The molecule has 0 radical (unpaired) electrons. The van der Waals surface area contributed by atoms with E-state index >= 15 is 0 Å². The molecular formula is C17H21F3N2O2. The number of hydrogen-bond donors (Lipinski definition) is 1. The first-order valence-electron chi connectivity index (χ1n) is 8.17. The van der Waals surface area contributed by atoms with Crippen LogP contribution < -0.4 is 0 Å². The number of likely N-dealkylation sites (tertiary alicyclic amines) is 2. The summed E-state index contributed by atoms with van der Waals surface area (Å²) in [4.78, 5) is 16.8. The molecule has 1 amide bonds. The fraction of sp³-hybridized carbons (Fsp3) is 0.588. The molecule has 24 heavy (non-hydrogen) atoms. The number of phenolic OH excluding ortho intramolecular Hbond substituents is 1. The second-order valence-corrected chi connectivity index (χ2v) is 6.75. The van der Waals surface area contributed by atoms with Crippen LogP contribution in [0.1, 0.15) is 35.2 Å². The molecule has 2 saturated heterocycles. The molecule has 2 fully saturated rings. The Morgan fingerprint density at radius 1 is 1.25 bits per heavy atom. The Hall–Kier alpha value is -1.76. The highest BCUT2D eigenvalue weighted by Gasteiger charge is 2.38. The number of halogens is 3. The van der Waals surface area contributed by atoms with E-state index in [9.17, 15) is 23.1 Å². The maximum absolute atomic E-state index is 12.8. The van der Waals surface area contributed by atoms with E-state index < -0.39 is 17.5 Å². The van der Waals surface area contributed by atoms with Crippen molar-refractivity contribution in [1.82, 2.24) is 9.80 Å². The molecule has 0 unspecified atom stereocenters. The topological polar surface area (TPSA) is 43.8 Å². The van der Waals surface area contributed by atoms with E-state index in [1.54, 1.807) is 4.90 Å². The molecular weight excluding hydrogens is 321 g/mol. The van der Waals surface area contributed by atoms with Crippen LogP contribution >= 0.6 is 0 Å². The van der Waals surface area contributed by atoms with Gasteiger partial charge in [-0.05, 0) is 57.0 Å². The third-order valence-electron chi connectivity index (χ3n) is 5.09. The lowest BCUT2D eigenvalue weighted by atomic mass is 9.83. The fourth-order valence-corrected chi connectivity index (χ4v) is 3.88. The SMILES string of the molecule is CN1CC[C@@H]2[C@H](CCCN2C(=O)c2ccc(C(F)(F)F)cc2O)C1. The molecule has 0 saturated carbocycles. The average molecular weight is 342 g/mol. The van der Waals surface area contributed by atoms with Gasteiger partial charge in [-0.3, -0.25) is 4.79 Å². The zero-order valence-electron chi connectivity index (χ0n) is 13.5. The Morgan fingerprint density at radius 3 is 2.67 bits per heavy atom. The number of carbonyl (C=O) groups excluding carboxylic acids is 1. The maximum Gasteiger partial charge on any atom is 0.416 e. The summed E-state index contributed by atoms with van der Waals surface area (Å²) < 4.78 is 38.1. The number of rotatable bonds is 1. The quantitative estimate of drug-likeness (QED) is 0.853. The Kier molecular flexibility index (Phi) is 4.46. The molecule has 1 aromatic rings. The lowest BCUT2D eigenvalue weighted by molar-refractivity contribution is -0.137. The Balaban J connectivity index is 1.83. The van der Waals surface area contributed by atoms with E-state index in [0.717, 1.165) is 44.5 Å². The van der Waals surface area contributed by atoms with E-state index in [4.69, 9.17) is 0 Å². The van der Waals surface area contributed by atoms with E-state index in [-0.39, 0.29) is 17.5 Å². The van der Waals surface area contributed by atoms with Crippen LogP contribution in [0.4, 0.5) is 13.2 Å². The number of aromatic hydroxyl groups is 1. The van der Waals surface area contributed by atoms with Crippen LogP contribution in [-0.4, -0.2) is 53.5 Å². The Labute approximate surface area is 138 Å². The largest absolute Gasteiger partial charge is 0.507 e. The van der Waals surface area contributed by atoms with Crippen molar-refractivity contribution < 1.29 is 23.1 Å². The predicted octanol–water partition coefficient (Wildman–Crippen LogP) is 2.97. The first-order valence-corrected chi connectivity index (χ1v) is 8.17. The molecule has 2 atom stereocenters. The average Bonchev–Trinajstić information content (AvgIpc) is 2.52. The summed E-state index contributed by atoms with van der Waals surface area (Å²) in [5.41, 5.74) is -1.00. The minimum Gasteiger partial charge on any atom is -0.507 e. The minimum atomic E-state index is -4.54. The van der Waals surface area contributed by atoms with Gasteiger partial charge in [0.25, 0.3) is 5.91 Å². The normalized spacial score (nSPS) is 25.4. The molecule has 1 aromatic carbocycles. The molecule has 0 aliphatic carbocycles.